The van der Waals surface area contributed by atoms with Gasteiger partial charge in [0.1, 0.15) is 11.5 Å². The molecule has 26 heavy (non-hydrogen) atoms. The summed E-state index contributed by atoms with van der Waals surface area (Å²) in [4.78, 5) is 27.4. The van der Waals surface area contributed by atoms with E-state index in [1.807, 2.05) is 24.3 Å². The van der Waals surface area contributed by atoms with E-state index in [9.17, 15) is 14.7 Å². The molecule has 0 radical (unpaired) electrons. The first-order valence-electron chi connectivity index (χ1n) is 7.96. The van der Waals surface area contributed by atoms with Crippen LogP contribution in [0, 0.1) is 0 Å². The third-order valence-electron chi connectivity index (χ3n) is 4.30. The van der Waals surface area contributed by atoms with Crippen molar-refractivity contribution in [1.29, 1.82) is 0 Å². The van der Waals surface area contributed by atoms with Crippen LogP contribution in [-0.4, -0.2) is 23.8 Å². The summed E-state index contributed by atoms with van der Waals surface area (Å²) >= 11 is 1.37. The minimum absolute atomic E-state index is 0.0761. The van der Waals surface area contributed by atoms with Crippen LogP contribution in [0.2, 0.25) is 0 Å². The fourth-order valence-corrected chi connectivity index (χ4v) is 3.99. The van der Waals surface area contributed by atoms with Gasteiger partial charge in [0.25, 0.3) is 0 Å². The number of aromatic hydroxyl groups is 1. The number of ketones is 2. The smallest absolute Gasteiger partial charge is 0.198 e. The number of benzene rings is 3. The molecule has 0 unspecified atom stereocenters. The van der Waals surface area contributed by atoms with Crippen LogP contribution < -0.4 is 4.74 Å². The zero-order chi connectivity index (χ0) is 18.3. The van der Waals surface area contributed by atoms with Gasteiger partial charge in [0, 0.05) is 20.9 Å². The Bertz CT molecular complexity index is 1040. The average molecular weight is 362 g/mol. The normalized spacial score (nSPS) is 12.5. The number of phenols is 1. The van der Waals surface area contributed by atoms with Crippen LogP contribution in [0.3, 0.4) is 0 Å². The van der Waals surface area contributed by atoms with Gasteiger partial charge in [-0.1, -0.05) is 36.0 Å². The second-order valence-electron chi connectivity index (χ2n) is 5.81. The van der Waals surface area contributed by atoms with Gasteiger partial charge in [0.05, 0.1) is 18.2 Å². The van der Waals surface area contributed by atoms with Crippen LogP contribution in [0.15, 0.2) is 70.5 Å². The second kappa shape index (κ2) is 6.35. The molecule has 0 heterocycles. The Morgan fingerprint density at radius 3 is 2.04 bits per heavy atom. The van der Waals surface area contributed by atoms with Crippen molar-refractivity contribution in [1.82, 2.24) is 0 Å². The summed E-state index contributed by atoms with van der Waals surface area (Å²) < 4.78 is 5.15. The minimum atomic E-state index is -0.329. The molecule has 4 nitrogen and oxygen atoms in total. The Hall–Kier alpha value is -3.05. The molecule has 3 aromatic carbocycles. The van der Waals surface area contributed by atoms with Crippen molar-refractivity contribution in [2.45, 2.75) is 9.79 Å². The molecule has 0 spiro atoms. The largest absolute Gasteiger partial charge is 0.507 e. The topological polar surface area (TPSA) is 63.6 Å². The van der Waals surface area contributed by atoms with Gasteiger partial charge in [-0.2, -0.15) is 0 Å². The maximum absolute atomic E-state index is 13.0. The molecule has 1 aliphatic rings. The van der Waals surface area contributed by atoms with E-state index in [1.165, 1.54) is 17.8 Å². The molecule has 0 fully saturated rings. The Morgan fingerprint density at radius 2 is 1.42 bits per heavy atom. The van der Waals surface area contributed by atoms with Crippen molar-refractivity contribution >= 4 is 23.3 Å². The van der Waals surface area contributed by atoms with Gasteiger partial charge in [-0.25, -0.2) is 0 Å². The first-order chi connectivity index (χ1) is 12.6. The zero-order valence-electron chi connectivity index (χ0n) is 13.9. The molecule has 0 bridgehead atoms. The summed E-state index contributed by atoms with van der Waals surface area (Å²) in [6.45, 7) is 0. The van der Waals surface area contributed by atoms with Crippen molar-refractivity contribution in [3.05, 3.63) is 82.9 Å². The maximum Gasteiger partial charge on any atom is 0.198 e. The van der Waals surface area contributed by atoms with Crippen LogP contribution in [-0.2, 0) is 0 Å². The highest BCUT2D eigenvalue weighted by molar-refractivity contribution is 7.99. The number of carbonyl (C=O) groups is 2. The third kappa shape index (κ3) is 2.57. The molecule has 1 N–H and O–H groups in total. The third-order valence-corrected chi connectivity index (χ3v) is 5.37. The number of rotatable bonds is 3. The van der Waals surface area contributed by atoms with Crippen LogP contribution >= 0.6 is 11.8 Å². The molecule has 0 aromatic heterocycles. The van der Waals surface area contributed by atoms with Crippen molar-refractivity contribution in [2.24, 2.45) is 0 Å². The van der Waals surface area contributed by atoms with E-state index in [0.717, 1.165) is 10.6 Å². The average Bonchev–Trinajstić information content (AvgIpc) is 2.68. The van der Waals surface area contributed by atoms with E-state index < -0.39 is 0 Å². The second-order valence-corrected chi connectivity index (χ2v) is 6.93. The molecule has 128 valence electrons. The summed E-state index contributed by atoms with van der Waals surface area (Å²) in [6, 6.07) is 17.3. The summed E-state index contributed by atoms with van der Waals surface area (Å²) in [7, 11) is 1.60. The summed E-state index contributed by atoms with van der Waals surface area (Å²) in [5, 5.41) is 10.2. The Morgan fingerprint density at radius 1 is 0.808 bits per heavy atom. The first-order valence-corrected chi connectivity index (χ1v) is 8.78. The predicted molar refractivity (Wildman–Crippen MR) is 98.5 cm³/mol. The van der Waals surface area contributed by atoms with Crippen LogP contribution in [0.1, 0.15) is 31.8 Å². The SMILES string of the molecule is COc1ccc(Sc2ccc(O)c3c2C(=O)c2ccccc2C3=O)cc1. The molecule has 5 heteroatoms. The van der Waals surface area contributed by atoms with E-state index in [0.29, 0.717) is 16.0 Å². The fourth-order valence-electron chi connectivity index (χ4n) is 3.03. The molecule has 3 aromatic rings. The van der Waals surface area contributed by atoms with Gasteiger partial charge < -0.3 is 9.84 Å². The molecule has 1 aliphatic carbocycles. The van der Waals surface area contributed by atoms with Crippen molar-refractivity contribution in [3.8, 4) is 11.5 Å². The quantitative estimate of drug-likeness (QED) is 0.588. The number of carbonyl (C=O) groups excluding carboxylic acids is 2. The molecule has 0 saturated heterocycles. The van der Waals surface area contributed by atoms with Crippen LogP contribution in [0.4, 0.5) is 0 Å². The van der Waals surface area contributed by atoms with Crippen LogP contribution in [0.5, 0.6) is 11.5 Å². The van der Waals surface area contributed by atoms with Gasteiger partial charge in [-0.05, 0) is 36.4 Å². The summed E-state index contributed by atoms with van der Waals surface area (Å²) in [5.41, 5.74) is 1.03. The van der Waals surface area contributed by atoms with Crippen LogP contribution in [0.25, 0.3) is 0 Å². The highest BCUT2D eigenvalue weighted by Crippen LogP contribution is 2.40. The number of phenolic OH excluding ortho intramolecular Hbond substituents is 1. The summed E-state index contributed by atoms with van der Waals surface area (Å²) in [5.74, 6) is -0.0128. The number of ether oxygens (including phenoxy) is 1. The minimum Gasteiger partial charge on any atom is -0.507 e. The van der Waals surface area contributed by atoms with E-state index in [1.54, 1.807) is 37.4 Å². The lowest BCUT2D eigenvalue weighted by molar-refractivity contribution is 0.0974. The number of hydrogen-bond acceptors (Lipinski definition) is 5. The predicted octanol–water partition coefficient (Wildman–Crippen LogP) is 4.33. The monoisotopic (exact) mass is 362 g/mol. The Labute approximate surface area is 154 Å². The molecule has 0 atom stereocenters. The lowest BCUT2D eigenvalue weighted by atomic mass is 9.83. The highest BCUT2D eigenvalue weighted by atomic mass is 32.2. The van der Waals surface area contributed by atoms with Crippen molar-refractivity contribution in [3.63, 3.8) is 0 Å². The van der Waals surface area contributed by atoms with Gasteiger partial charge >= 0.3 is 0 Å². The number of fused-ring (bicyclic) bond motifs is 2. The van der Waals surface area contributed by atoms with E-state index in [2.05, 4.69) is 0 Å². The molecule has 0 saturated carbocycles. The van der Waals surface area contributed by atoms with Gasteiger partial charge in [0.2, 0.25) is 0 Å². The fraction of sp³-hybridized carbons (Fsp3) is 0.0476. The molecule has 4 rings (SSSR count). The Kier molecular flexibility index (Phi) is 4.01. The number of methoxy groups -OCH3 is 1. The van der Waals surface area contributed by atoms with Gasteiger partial charge in [-0.15, -0.1) is 0 Å². The number of hydrogen-bond donors (Lipinski definition) is 1. The first kappa shape index (κ1) is 16.4. The maximum atomic E-state index is 13.0. The van der Waals surface area contributed by atoms with Crippen molar-refractivity contribution in [2.75, 3.05) is 7.11 Å². The lowest BCUT2D eigenvalue weighted by Gasteiger charge is -2.20. The molecule has 0 amide bonds. The Balaban J connectivity index is 1.83. The summed E-state index contributed by atoms with van der Waals surface area (Å²) in [6.07, 6.45) is 0. The lowest BCUT2D eigenvalue weighted by Crippen LogP contribution is -2.21. The van der Waals surface area contributed by atoms with E-state index in [-0.39, 0.29) is 28.4 Å². The molecule has 0 aliphatic heterocycles. The molecular weight excluding hydrogens is 348 g/mol. The van der Waals surface area contributed by atoms with E-state index >= 15 is 0 Å². The van der Waals surface area contributed by atoms with Gasteiger partial charge in [0.15, 0.2) is 11.6 Å². The highest BCUT2D eigenvalue weighted by Gasteiger charge is 2.33. The van der Waals surface area contributed by atoms with Crippen molar-refractivity contribution < 1.29 is 19.4 Å². The van der Waals surface area contributed by atoms with Gasteiger partial charge in [-0.3, -0.25) is 9.59 Å². The van der Waals surface area contributed by atoms with E-state index in [4.69, 9.17) is 4.74 Å². The standard InChI is InChI=1S/C21H14O4S/c1-25-12-6-8-13(9-7-12)26-17-11-10-16(22)18-19(17)21(24)15-5-3-2-4-14(15)20(18)23/h2-11,22H,1H3. The zero-order valence-corrected chi connectivity index (χ0v) is 14.7. The molecular formula is C21H14O4S.